The zero-order chi connectivity index (χ0) is 14.6. The summed E-state index contributed by atoms with van der Waals surface area (Å²) in [6, 6.07) is 5.04. The Morgan fingerprint density at radius 1 is 1.21 bits per heavy atom. The number of rotatable bonds is 4. The van der Waals surface area contributed by atoms with Gasteiger partial charge in [-0.15, -0.1) is 0 Å². The van der Waals surface area contributed by atoms with Crippen molar-refractivity contribution in [3.8, 4) is 0 Å². The monoisotopic (exact) mass is 276 g/mol. The van der Waals surface area contributed by atoms with E-state index in [1.165, 1.54) is 24.3 Å². The third kappa shape index (κ3) is 4.25. The van der Waals surface area contributed by atoms with Crippen LogP contribution in [0, 0.1) is 0 Å². The Morgan fingerprint density at radius 3 is 2.11 bits per heavy atom. The first-order chi connectivity index (χ1) is 8.71. The first kappa shape index (κ1) is 15.0. The minimum Gasteiger partial charge on any atom is -0.382 e. The second-order valence-corrected chi connectivity index (χ2v) is 3.71. The molecule has 19 heavy (non-hydrogen) atoms. The molecule has 1 atom stereocenters. The smallest absolute Gasteiger partial charge is 0.382 e. The van der Waals surface area contributed by atoms with Crippen molar-refractivity contribution in [3.63, 3.8) is 0 Å². The van der Waals surface area contributed by atoms with E-state index in [2.05, 4.69) is 0 Å². The maximum absolute atomic E-state index is 12.0. The summed E-state index contributed by atoms with van der Waals surface area (Å²) in [7, 11) is 0. The van der Waals surface area contributed by atoms with E-state index >= 15 is 0 Å². The minimum absolute atomic E-state index is 0.0550. The molecule has 4 N–H and O–H groups in total. The Morgan fingerprint density at radius 2 is 1.68 bits per heavy atom. The molecule has 0 saturated heterocycles. The molecule has 0 fully saturated rings. The number of aliphatic hydroxyl groups is 1. The highest BCUT2D eigenvalue weighted by Crippen LogP contribution is 2.19. The lowest BCUT2D eigenvalue weighted by Gasteiger charge is -2.15. The number of amides is 2. The molecule has 0 spiro atoms. The molecule has 0 heterocycles. The summed E-state index contributed by atoms with van der Waals surface area (Å²) in [6.45, 7) is -0.945. The van der Waals surface area contributed by atoms with E-state index in [1.807, 2.05) is 5.32 Å². The molecule has 0 aliphatic heterocycles. The standard InChI is InChI=1S/C11H11F3N2O3/c12-11(13,14)8(17)5-16-10(19)7-3-1-6(2-4-7)9(15)18/h1-4,8,17H,5H2,(H2,15,18)(H,16,19). The quantitative estimate of drug-likeness (QED) is 0.745. The van der Waals surface area contributed by atoms with Crippen LogP contribution in [0.3, 0.4) is 0 Å². The SMILES string of the molecule is NC(=O)c1ccc(C(=O)NCC(O)C(F)(F)F)cc1. The lowest BCUT2D eigenvalue weighted by Crippen LogP contribution is -2.40. The Hall–Kier alpha value is -2.09. The van der Waals surface area contributed by atoms with Crippen LogP contribution in [0.5, 0.6) is 0 Å². The third-order valence-corrected chi connectivity index (χ3v) is 2.27. The van der Waals surface area contributed by atoms with Gasteiger partial charge in [-0.1, -0.05) is 0 Å². The molecule has 1 aromatic rings. The predicted octanol–water partition coefficient (Wildman–Crippen LogP) is 0.438. The second-order valence-electron chi connectivity index (χ2n) is 3.71. The van der Waals surface area contributed by atoms with Crippen molar-refractivity contribution in [2.45, 2.75) is 12.3 Å². The maximum Gasteiger partial charge on any atom is 0.416 e. The average molecular weight is 276 g/mol. The van der Waals surface area contributed by atoms with Crippen molar-refractivity contribution in [2.75, 3.05) is 6.54 Å². The first-order valence-electron chi connectivity index (χ1n) is 5.14. The first-order valence-corrected chi connectivity index (χ1v) is 5.14. The van der Waals surface area contributed by atoms with Crippen LogP contribution in [0.2, 0.25) is 0 Å². The summed E-state index contributed by atoms with van der Waals surface area (Å²) >= 11 is 0. The molecule has 1 unspecified atom stereocenters. The van der Waals surface area contributed by atoms with Crippen LogP contribution in [0.4, 0.5) is 13.2 Å². The minimum atomic E-state index is -4.79. The van der Waals surface area contributed by atoms with E-state index in [4.69, 9.17) is 10.8 Å². The number of hydrogen-bond donors (Lipinski definition) is 3. The highest BCUT2D eigenvalue weighted by molar-refractivity contribution is 5.97. The van der Waals surface area contributed by atoms with Gasteiger partial charge in [0, 0.05) is 11.1 Å². The highest BCUT2D eigenvalue weighted by Gasteiger charge is 2.38. The molecular formula is C11H11F3N2O3. The summed E-state index contributed by atoms with van der Waals surface area (Å²) in [5, 5.41) is 10.6. The molecule has 0 aromatic heterocycles. The van der Waals surface area contributed by atoms with E-state index in [0.717, 1.165) is 0 Å². The fourth-order valence-corrected chi connectivity index (χ4v) is 1.19. The van der Waals surface area contributed by atoms with Crippen LogP contribution in [-0.2, 0) is 0 Å². The van der Waals surface area contributed by atoms with Crippen LogP contribution in [0.15, 0.2) is 24.3 Å². The van der Waals surface area contributed by atoms with Gasteiger partial charge in [0.1, 0.15) is 0 Å². The molecule has 0 radical (unpaired) electrons. The van der Waals surface area contributed by atoms with Gasteiger partial charge in [-0.3, -0.25) is 9.59 Å². The lowest BCUT2D eigenvalue weighted by molar-refractivity contribution is -0.201. The number of carbonyl (C=O) groups is 2. The van der Waals surface area contributed by atoms with Gasteiger partial charge < -0.3 is 16.2 Å². The van der Waals surface area contributed by atoms with Crippen molar-refractivity contribution in [3.05, 3.63) is 35.4 Å². The molecule has 5 nitrogen and oxygen atoms in total. The van der Waals surface area contributed by atoms with Crippen molar-refractivity contribution in [2.24, 2.45) is 5.73 Å². The summed E-state index contributed by atoms with van der Waals surface area (Å²) in [4.78, 5) is 22.2. The zero-order valence-corrected chi connectivity index (χ0v) is 9.57. The van der Waals surface area contributed by atoms with Crippen LogP contribution < -0.4 is 11.1 Å². The van der Waals surface area contributed by atoms with E-state index in [0.29, 0.717) is 0 Å². The Balaban J connectivity index is 2.61. The van der Waals surface area contributed by atoms with Gasteiger partial charge in [0.05, 0.1) is 6.54 Å². The lowest BCUT2D eigenvalue weighted by atomic mass is 10.1. The topological polar surface area (TPSA) is 92.4 Å². The Kier molecular flexibility index (Phi) is 4.49. The summed E-state index contributed by atoms with van der Waals surface area (Å²) < 4.78 is 36.0. The third-order valence-electron chi connectivity index (χ3n) is 2.27. The average Bonchev–Trinajstić information content (AvgIpc) is 2.34. The highest BCUT2D eigenvalue weighted by atomic mass is 19.4. The number of benzene rings is 1. The second kappa shape index (κ2) is 5.70. The summed E-state index contributed by atoms with van der Waals surface area (Å²) in [5.41, 5.74) is 5.22. The number of hydrogen-bond acceptors (Lipinski definition) is 3. The summed E-state index contributed by atoms with van der Waals surface area (Å²) in [6.07, 6.45) is -7.41. The molecular weight excluding hydrogens is 265 g/mol. The summed E-state index contributed by atoms with van der Waals surface area (Å²) in [5.74, 6) is -1.47. The van der Waals surface area contributed by atoms with E-state index in [-0.39, 0.29) is 11.1 Å². The van der Waals surface area contributed by atoms with Crippen molar-refractivity contribution in [1.82, 2.24) is 5.32 Å². The van der Waals surface area contributed by atoms with Crippen LogP contribution in [0.1, 0.15) is 20.7 Å². The molecule has 2 amide bonds. The van der Waals surface area contributed by atoms with Gasteiger partial charge in [-0.2, -0.15) is 13.2 Å². The molecule has 0 aliphatic carbocycles. The normalized spacial score (nSPS) is 12.8. The molecule has 8 heteroatoms. The van der Waals surface area contributed by atoms with E-state index < -0.39 is 30.6 Å². The van der Waals surface area contributed by atoms with Gasteiger partial charge >= 0.3 is 6.18 Å². The zero-order valence-electron chi connectivity index (χ0n) is 9.57. The molecule has 0 bridgehead atoms. The molecule has 0 aliphatic rings. The number of nitrogens with one attached hydrogen (secondary N) is 1. The van der Waals surface area contributed by atoms with Gasteiger partial charge in [0.2, 0.25) is 5.91 Å². The molecule has 104 valence electrons. The number of nitrogens with two attached hydrogens (primary N) is 1. The predicted molar refractivity (Wildman–Crippen MR) is 59.4 cm³/mol. The number of halogens is 3. The largest absolute Gasteiger partial charge is 0.416 e. The fourth-order valence-electron chi connectivity index (χ4n) is 1.19. The van der Waals surface area contributed by atoms with Gasteiger partial charge in [0.25, 0.3) is 5.91 Å². The Bertz CT molecular complexity index is 471. The van der Waals surface area contributed by atoms with E-state index in [1.54, 1.807) is 0 Å². The number of carbonyl (C=O) groups excluding carboxylic acids is 2. The van der Waals surface area contributed by atoms with Crippen molar-refractivity contribution >= 4 is 11.8 Å². The van der Waals surface area contributed by atoms with Crippen molar-refractivity contribution in [1.29, 1.82) is 0 Å². The number of alkyl halides is 3. The van der Waals surface area contributed by atoms with Gasteiger partial charge in [-0.25, -0.2) is 0 Å². The van der Waals surface area contributed by atoms with Crippen molar-refractivity contribution < 1.29 is 27.9 Å². The van der Waals surface area contributed by atoms with Crippen LogP contribution >= 0.6 is 0 Å². The molecule has 1 aromatic carbocycles. The van der Waals surface area contributed by atoms with Crippen LogP contribution in [-0.4, -0.2) is 35.7 Å². The molecule has 1 rings (SSSR count). The Labute approximate surface area is 106 Å². The van der Waals surface area contributed by atoms with Gasteiger partial charge in [0.15, 0.2) is 6.10 Å². The van der Waals surface area contributed by atoms with Gasteiger partial charge in [-0.05, 0) is 24.3 Å². The molecule has 0 saturated carbocycles. The number of primary amides is 1. The number of aliphatic hydroxyl groups excluding tert-OH is 1. The van der Waals surface area contributed by atoms with E-state index in [9.17, 15) is 22.8 Å². The maximum atomic E-state index is 12.0. The van der Waals surface area contributed by atoms with Crippen LogP contribution in [0.25, 0.3) is 0 Å². The fraction of sp³-hybridized carbons (Fsp3) is 0.273.